The van der Waals surface area contributed by atoms with Crippen LogP contribution in [0.3, 0.4) is 0 Å². The zero-order valence-corrected chi connectivity index (χ0v) is 15.6. The normalized spacial score (nSPS) is 14.8. The molecule has 1 aliphatic heterocycles. The lowest BCUT2D eigenvalue weighted by Gasteiger charge is -2.36. The molecule has 0 bridgehead atoms. The van der Waals surface area contributed by atoms with Gasteiger partial charge in [-0.05, 0) is 36.8 Å². The number of carbonyl (C=O) groups is 1. The van der Waals surface area contributed by atoms with Gasteiger partial charge in [0.15, 0.2) is 5.16 Å². The summed E-state index contributed by atoms with van der Waals surface area (Å²) in [6.45, 7) is 5.41. The van der Waals surface area contributed by atoms with Crippen molar-refractivity contribution < 1.29 is 4.79 Å². The Morgan fingerprint density at radius 2 is 1.92 bits per heavy atom. The molecule has 2 aromatic carbocycles. The Bertz CT molecular complexity index is 882. The number of para-hydroxylation sites is 2. The molecule has 1 saturated heterocycles. The van der Waals surface area contributed by atoms with Crippen LogP contribution in [0.1, 0.15) is 5.56 Å². The van der Waals surface area contributed by atoms with E-state index in [1.807, 2.05) is 29.2 Å². The van der Waals surface area contributed by atoms with Crippen molar-refractivity contribution in [2.45, 2.75) is 12.1 Å². The molecule has 1 aromatic heterocycles. The molecule has 5 nitrogen and oxygen atoms in total. The average molecular weight is 366 g/mol. The average Bonchev–Trinajstić information content (AvgIpc) is 3.09. The lowest BCUT2D eigenvalue weighted by Crippen LogP contribution is -2.49. The van der Waals surface area contributed by atoms with Crippen LogP contribution in [0, 0.1) is 6.92 Å². The molecule has 1 fully saturated rings. The molecular weight excluding hydrogens is 344 g/mol. The number of imidazole rings is 1. The molecule has 4 rings (SSSR count). The number of aromatic amines is 1. The fourth-order valence-electron chi connectivity index (χ4n) is 3.26. The number of aromatic nitrogens is 2. The van der Waals surface area contributed by atoms with Gasteiger partial charge in [0.1, 0.15) is 0 Å². The smallest absolute Gasteiger partial charge is 0.233 e. The number of nitrogens with one attached hydrogen (secondary N) is 1. The van der Waals surface area contributed by atoms with E-state index in [4.69, 9.17) is 0 Å². The monoisotopic (exact) mass is 366 g/mol. The molecule has 0 unspecified atom stereocenters. The first-order valence-electron chi connectivity index (χ1n) is 8.86. The van der Waals surface area contributed by atoms with Gasteiger partial charge in [-0.25, -0.2) is 4.98 Å². The number of fused-ring (bicyclic) bond motifs is 1. The minimum atomic E-state index is 0.180. The summed E-state index contributed by atoms with van der Waals surface area (Å²) in [6.07, 6.45) is 0. The van der Waals surface area contributed by atoms with Crippen molar-refractivity contribution in [2.24, 2.45) is 0 Å². The maximum atomic E-state index is 12.5. The van der Waals surface area contributed by atoms with Gasteiger partial charge in [-0.1, -0.05) is 36.0 Å². The van der Waals surface area contributed by atoms with E-state index in [1.54, 1.807) is 0 Å². The van der Waals surface area contributed by atoms with E-state index in [0.717, 1.165) is 42.4 Å². The number of nitrogens with zero attached hydrogens (tertiary/aromatic N) is 3. The predicted octanol–water partition coefficient (Wildman–Crippen LogP) is 3.31. The molecular formula is C20H22N4OS. The molecule has 0 spiro atoms. The number of piperazine rings is 1. The van der Waals surface area contributed by atoms with Gasteiger partial charge in [0.25, 0.3) is 0 Å². The van der Waals surface area contributed by atoms with Crippen LogP contribution in [-0.2, 0) is 4.79 Å². The minimum absolute atomic E-state index is 0.180. The lowest BCUT2D eigenvalue weighted by atomic mass is 10.2. The lowest BCUT2D eigenvalue weighted by molar-refractivity contribution is -0.128. The molecule has 2 heterocycles. The Morgan fingerprint density at radius 3 is 2.69 bits per heavy atom. The number of rotatable bonds is 4. The zero-order chi connectivity index (χ0) is 17.9. The highest BCUT2D eigenvalue weighted by Crippen LogP contribution is 2.21. The number of amides is 1. The van der Waals surface area contributed by atoms with Gasteiger partial charge in [0, 0.05) is 31.9 Å². The van der Waals surface area contributed by atoms with E-state index in [9.17, 15) is 4.79 Å². The first-order valence-corrected chi connectivity index (χ1v) is 9.84. The van der Waals surface area contributed by atoms with Gasteiger partial charge in [0.05, 0.1) is 16.8 Å². The minimum Gasteiger partial charge on any atom is -0.368 e. The summed E-state index contributed by atoms with van der Waals surface area (Å²) < 4.78 is 0. The highest BCUT2D eigenvalue weighted by Gasteiger charge is 2.21. The standard InChI is InChI=1S/C20H22N4OS/c1-15-5-4-6-16(13-15)23-9-11-24(12-10-23)19(25)14-26-20-21-17-7-2-3-8-18(17)22-20/h2-8,13H,9-12,14H2,1H3,(H,21,22). The maximum Gasteiger partial charge on any atom is 0.233 e. The molecule has 0 saturated carbocycles. The third kappa shape index (κ3) is 3.70. The van der Waals surface area contributed by atoms with Gasteiger partial charge in [-0.15, -0.1) is 0 Å². The summed E-state index contributed by atoms with van der Waals surface area (Å²) in [7, 11) is 0. The van der Waals surface area contributed by atoms with E-state index < -0.39 is 0 Å². The van der Waals surface area contributed by atoms with Crippen molar-refractivity contribution in [3.63, 3.8) is 0 Å². The van der Waals surface area contributed by atoms with Crippen molar-refractivity contribution >= 4 is 34.4 Å². The summed E-state index contributed by atoms with van der Waals surface area (Å²) in [4.78, 5) is 24.6. The van der Waals surface area contributed by atoms with Crippen LogP contribution in [0.2, 0.25) is 0 Å². The molecule has 26 heavy (non-hydrogen) atoms. The summed E-state index contributed by atoms with van der Waals surface area (Å²) in [5, 5.41) is 0.804. The molecule has 1 N–H and O–H groups in total. The largest absolute Gasteiger partial charge is 0.368 e. The molecule has 6 heteroatoms. The van der Waals surface area contributed by atoms with E-state index >= 15 is 0 Å². The summed E-state index contributed by atoms with van der Waals surface area (Å²) in [6, 6.07) is 16.5. The quantitative estimate of drug-likeness (QED) is 0.720. The van der Waals surface area contributed by atoms with Crippen LogP contribution in [0.5, 0.6) is 0 Å². The third-order valence-electron chi connectivity index (χ3n) is 4.70. The predicted molar refractivity (Wildman–Crippen MR) is 107 cm³/mol. The first kappa shape index (κ1) is 17.0. The number of benzene rings is 2. The topological polar surface area (TPSA) is 52.2 Å². The highest BCUT2D eigenvalue weighted by molar-refractivity contribution is 7.99. The van der Waals surface area contributed by atoms with E-state index in [2.05, 4.69) is 46.1 Å². The molecule has 134 valence electrons. The van der Waals surface area contributed by atoms with Crippen LogP contribution in [0.25, 0.3) is 11.0 Å². The Kier molecular flexibility index (Phi) is 4.84. The van der Waals surface area contributed by atoms with Gasteiger partial charge in [-0.2, -0.15) is 0 Å². The van der Waals surface area contributed by atoms with E-state index in [0.29, 0.717) is 5.75 Å². The van der Waals surface area contributed by atoms with Gasteiger partial charge in [0.2, 0.25) is 5.91 Å². The van der Waals surface area contributed by atoms with Crippen molar-refractivity contribution in [1.82, 2.24) is 14.9 Å². The molecule has 1 aliphatic rings. The van der Waals surface area contributed by atoms with Crippen LogP contribution < -0.4 is 4.90 Å². The van der Waals surface area contributed by atoms with Crippen LogP contribution in [-0.4, -0.2) is 52.7 Å². The van der Waals surface area contributed by atoms with Gasteiger partial charge < -0.3 is 14.8 Å². The van der Waals surface area contributed by atoms with Crippen molar-refractivity contribution in [2.75, 3.05) is 36.8 Å². The third-order valence-corrected chi connectivity index (χ3v) is 5.56. The molecule has 0 radical (unpaired) electrons. The molecule has 0 aliphatic carbocycles. The summed E-state index contributed by atoms with van der Waals surface area (Å²) >= 11 is 1.48. The van der Waals surface area contributed by atoms with Gasteiger partial charge >= 0.3 is 0 Å². The second kappa shape index (κ2) is 7.41. The number of carbonyl (C=O) groups excluding carboxylic acids is 1. The van der Waals surface area contributed by atoms with Gasteiger partial charge in [-0.3, -0.25) is 4.79 Å². The SMILES string of the molecule is Cc1cccc(N2CCN(C(=O)CSc3nc4ccccc4[nH]3)CC2)c1. The molecule has 1 amide bonds. The fourth-order valence-corrected chi connectivity index (χ4v) is 4.05. The summed E-state index contributed by atoms with van der Waals surface area (Å²) in [5.41, 5.74) is 4.46. The van der Waals surface area contributed by atoms with Crippen molar-refractivity contribution in [1.29, 1.82) is 0 Å². The Morgan fingerprint density at radius 1 is 1.12 bits per heavy atom. The maximum absolute atomic E-state index is 12.5. The fraction of sp³-hybridized carbons (Fsp3) is 0.300. The first-order chi connectivity index (χ1) is 12.7. The van der Waals surface area contributed by atoms with Crippen LogP contribution in [0.15, 0.2) is 53.7 Å². The van der Waals surface area contributed by atoms with Crippen LogP contribution >= 0.6 is 11.8 Å². The summed E-state index contributed by atoms with van der Waals surface area (Å²) in [5.74, 6) is 0.601. The Hall–Kier alpha value is -2.47. The Balaban J connectivity index is 1.30. The number of hydrogen-bond acceptors (Lipinski definition) is 4. The van der Waals surface area contributed by atoms with E-state index in [1.165, 1.54) is 23.0 Å². The van der Waals surface area contributed by atoms with Crippen molar-refractivity contribution in [3.05, 3.63) is 54.1 Å². The second-order valence-electron chi connectivity index (χ2n) is 6.55. The Labute approximate surface area is 157 Å². The van der Waals surface area contributed by atoms with E-state index in [-0.39, 0.29) is 5.91 Å². The number of hydrogen-bond donors (Lipinski definition) is 1. The molecule has 0 atom stereocenters. The number of anilines is 1. The number of thioether (sulfide) groups is 1. The zero-order valence-electron chi connectivity index (χ0n) is 14.8. The van der Waals surface area contributed by atoms with Crippen LogP contribution in [0.4, 0.5) is 5.69 Å². The number of aryl methyl sites for hydroxylation is 1. The molecule has 3 aromatic rings. The number of H-pyrrole nitrogens is 1. The van der Waals surface area contributed by atoms with Crippen molar-refractivity contribution in [3.8, 4) is 0 Å². The second-order valence-corrected chi connectivity index (χ2v) is 7.52. The highest BCUT2D eigenvalue weighted by atomic mass is 32.2.